The zero-order chi connectivity index (χ0) is 80.0. The first kappa shape index (κ1) is 107. The lowest BCUT2D eigenvalue weighted by molar-refractivity contribution is 0.0952. The van der Waals surface area contributed by atoms with Crippen molar-refractivity contribution in [2.45, 2.75) is 523 Å². The van der Waals surface area contributed by atoms with Crippen molar-refractivity contribution < 1.29 is 14.4 Å². The van der Waals surface area contributed by atoms with Crippen LogP contribution >= 0.6 is 0 Å². The van der Waals surface area contributed by atoms with Crippen LogP contribution < -0.4 is 16.0 Å². The van der Waals surface area contributed by atoms with Gasteiger partial charge < -0.3 is 30.7 Å². The summed E-state index contributed by atoms with van der Waals surface area (Å²) in [6.07, 6.45) is 100. The van der Waals surface area contributed by atoms with Gasteiger partial charge in [0.25, 0.3) is 17.7 Å². The van der Waals surface area contributed by atoms with E-state index in [1.165, 1.54) is 502 Å². The van der Waals surface area contributed by atoms with Crippen LogP contribution in [-0.4, -0.2) is 111 Å². The van der Waals surface area contributed by atoms with Gasteiger partial charge in [-0.2, -0.15) is 0 Å². The number of amides is 3. The minimum Gasteiger partial charge on any atom is -0.352 e. The van der Waals surface area contributed by atoms with Gasteiger partial charge in [0, 0.05) is 36.3 Å². The van der Waals surface area contributed by atoms with Gasteiger partial charge in [0.1, 0.15) is 0 Å². The molecule has 9 nitrogen and oxygen atoms in total. The second kappa shape index (κ2) is 88.3. The fourth-order valence-electron chi connectivity index (χ4n) is 16.8. The van der Waals surface area contributed by atoms with Crippen molar-refractivity contribution in [3.05, 3.63) is 34.9 Å². The first-order valence-electron chi connectivity index (χ1n) is 51.0. The van der Waals surface area contributed by atoms with Crippen LogP contribution in [0.5, 0.6) is 0 Å². The van der Waals surface area contributed by atoms with Gasteiger partial charge in [-0.3, -0.25) is 14.4 Å². The molecular formula is C102H198N6O3. The molecular weight excluding hydrogens is 1360 g/mol. The van der Waals surface area contributed by atoms with Crippen LogP contribution in [0.4, 0.5) is 0 Å². The first-order valence-corrected chi connectivity index (χ1v) is 51.0. The van der Waals surface area contributed by atoms with Crippen molar-refractivity contribution in [1.29, 1.82) is 0 Å². The highest BCUT2D eigenvalue weighted by atomic mass is 16.2. The van der Waals surface area contributed by atoms with Crippen LogP contribution in [0.1, 0.15) is 554 Å². The van der Waals surface area contributed by atoms with E-state index in [0.29, 0.717) is 36.3 Å². The van der Waals surface area contributed by atoms with E-state index in [9.17, 15) is 14.4 Å². The number of unbranched alkanes of at least 4 members (excludes halogenated alkanes) is 66. The van der Waals surface area contributed by atoms with Gasteiger partial charge in [-0.15, -0.1) is 0 Å². The summed E-state index contributed by atoms with van der Waals surface area (Å²) in [6.45, 7) is 26.8. The van der Waals surface area contributed by atoms with E-state index >= 15 is 0 Å². The molecule has 1 rings (SSSR count). The molecule has 0 aliphatic rings. The predicted octanol–water partition coefficient (Wildman–Crippen LogP) is 31.2. The smallest absolute Gasteiger partial charge is 0.251 e. The summed E-state index contributed by atoms with van der Waals surface area (Å²) < 4.78 is 0. The number of benzene rings is 1. The van der Waals surface area contributed by atoms with Crippen molar-refractivity contribution in [2.75, 3.05) is 78.5 Å². The minimum atomic E-state index is -0.204. The van der Waals surface area contributed by atoms with Gasteiger partial charge >= 0.3 is 0 Å². The topological polar surface area (TPSA) is 97.0 Å². The lowest BCUT2D eigenvalue weighted by Gasteiger charge is -2.22. The van der Waals surface area contributed by atoms with Crippen molar-refractivity contribution in [2.24, 2.45) is 0 Å². The minimum absolute atomic E-state index is 0.204. The molecule has 9 heteroatoms. The van der Waals surface area contributed by atoms with E-state index in [1.54, 1.807) is 18.2 Å². The van der Waals surface area contributed by atoms with Crippen LogP contribution in [0.3, 0.4) is 0 Å². The van der Waals surface area contributed by atoms with Gasteiger partial charge in [0.15, 0.2) is 0 Å². The molecule has 0 aliphatic heterocycles. The highest BCUT2D eigenvalue weighted by Crippen LogP contribution is 2.21. The van der Waals surface area contributed by atoms with Gasteiger partial charge in [-0.25, -0.2) is 0 Å². The standard InChI is InChI=1S/C102H198N6O3/c1-7-13-19-25-31-37-43-49-61-73-85-106(86-74-62-50-44-38-32-26-20-14-8-2)91-79-67-55-58-70-82-103-100(109)97-94-98(101(110)104-83-71-59-56-68-80-92-107(87-75-63-51-45-39-33-27-21-15-9-3)88-76-64-52-46-40-34-28-22-16-10-4)96-99(95-97)102(111)105-84-72-60-57-69-81-93-108(89-77-65-53-47-41-35-29-23-17-11-5)90-78-66-54-48-42-36-30-24-18-12-6/h94-96H,7-93H2,1-6H3,(H,103,109)(H,104,110)(H,105,111). The molecule has 0 unspecified atom stereocenters. The molecule has 0 spiro atoms. The van der Waals surface area contributed by atoms with Gasteiger partial charge in [0.2, 0.25) is 0 Å². The molecule has 1 aromatic carbocycles. The molecule has 654 valence electrons. The number of carbonyl (C=O) groups excluding carboxylic acids is 3. The second-order valence-electron chi connectivity index (χ2n) is 35.5. The van der Waals surface area contributed by atoms with Crippen molar-refractivity contribution in [1.82, 2.24) is 30.7 Å². The lowest BCUT2D eigenvalue weighted by atomic mass is 10.0. The van der Waals surface area contributed by atoms with Crippen molar-refractivity contribution in [3.8, 4) is 0 Å². The molecule has 0 bridgehead atoms. The fourth-order valence-corrected chi connectivity index (χ4v) is 16.8. The highest BCUT2D eigenvalue weighted by molar-refractivity contribution is 6.04. The highest BCUT2D eigenvalue weighted by Gasteiger charge is 2.18. The number of rotatable bonds is 93. The number of hydrogen-bond donors (Lipinski definition) is 3. The molecule has 1 aromatic rings. The molecule has 0 fully saturated rings. The summed E-state index contributed by atoms with van der Waals surface area (Å²) in [5, 5.41) is 9.59. The maximum Gasteiger partial charge on any atom is 0.251 e. The van der Waals surface area contributed by atoms with Crippen LogP contribution in [0.2, 0.25) is 0 Å². The van der Waals surface area contributed by atoms with Crippen LogP contribution in [0.25, 0.3) is 0 Å². The third-order valence-corrected chi connectivity index (χ3v) is 24.5. The average molecular weight is 1560 g/mol. The first-order chi connectivity index (χ1) is 54.8. The zero-order valence-corrected chi connectivity index (χ0v) is 76.3. The Bertz CT molecular complexity index is 1740. The zero-order valence-electron chi connectivity index (χ0n) is 76.3. The maximum atomic E-state index is 14.0. The monoisotopic (exact) mass is 1560 g/mol. The molecule has 0 radical (unpaired) electrons. The molecule has 0 atom stereocenters. The van der Waals surface area contributed by atoms with E-state index in [1.807, 2.05) is 0 Å². The van der Waals surface area contributed by atoms with Crippen LogP contribution in [0, 0.1) is 0 Å². The Kier molecular flexibility index (Phi) is 84.8. The summed E-state index contributed by atoms with van der Waals surface area (Å²) in [4.78, 5) is 50.5. The van der Waals surface area contributed by atoms with E-state index in [2.05, 4.69) is 72.2 Å². The summed E-state index contributed by atoms with van der Waals surface area (Å²) in [6, 6.07) is 5.14. The Balaban J connectivity index is 2.93. The summed E-state index contributed by atoms with van der Waals surface area (Å²) in [7, 11) is 0. The summed E-state index contributed by atoms with van der Waals surface area (Å²) in [5.41, 5.74) is 1.18. The second-order valence-corrected chi connectivity index (χ2v) is 35.5. The number of hydrogen-bond acceptors (Lipinski definition) is 6. The van der Waals surface area contributed by atoms with Gasteiger partial charge in [0.05, 0.1) is 0 Å². The molecule has 0 aromatic heterocycles. The fraction of sp³-hybridized carbons (Fsp3) is 0.912. The van der Waals surface area contributed by atoms with Crippen LogP contribution in [-0.2, 0) is 0 Å². The summed E-state index contributed by atoms with van der Waals surface area (Å²) >= 11 is 0. The van der Waals surface area contributed by atoms with E-state index in [0.717, 1.165) is 38.5 Å². The Hall–Kier alpha value is -2.49. The largest absolute Gasteiger partial charge is 0.352 e. The molecule has 3 N–H and O–H groups in total. The molecule has 3 amide bonds. The quantitative estimate of drug-likeness (QED) is 0.0562. The Labute approximate surface area is 695 Å². The van der Waals surface area contributed by atoms with Gasteiger partial charge in [-0.05, 0) is 154 Å². The average Bonchev–Trinajstić information content (AvgIpc) is 0.827. The maximum absolute atomic E-state index is 14.0. The number of nitrogens with one attached hydrogen (secondary N) is 3. The number of nitrogens with zero attached hydrogens (tertiary/aromatic N) is 3. The van der Waals surface area contributed by atoms with Crippen LogP contribution in [0.15, 0.2) is 18.2 Å². The number of carbonyl (C=O) groups is 3. The SMILES string of the molecule is CCCCCCCCCCCCN(CCCCCCCCCCCC)CCCCCCCNC(=O)c1cc(C(=O)NCCCCCCCN(CCCCCCCCCCCC)CCCCCCCCCCCC)cc(C(=O)NCCCCCCCN(CCCCCCCCCCCC)CCCCCCCCCCCC)c1. The molecule has 111 heavy (non-hydrogen) atoms. The Morgan fingerprint density at radius 3 is 0.405 bits per heavy atom. The van der Waals surface area contributed by atoms with E-state index in [-0.39, 0.29) is 17.7 Å². The van der Waals surface area contributed by atoms with Gasteiger partial charge in [-0.1, -0.05) is 446 Å². The molecule has 0 heterocycles. The predicted molar refractivity (Wildman–Crippen MR) is 493 cm³/mol. The van der Waals surface area contributed by atoms with Crippen molar-refractivity contribution >= 4 is 17.7 Å². The third kappa shape index (κ3) is 74.8. The van der Waals surface area contributed by atoms with Crippen molar-refractivity contribution in [3.63, 3.8) is 0 Å². The summed E-state index contributed by atoms with van der Waals surface area (Å²) in [5.74, 6) is -0.613. The molecule has 0 saturated heterocycles. The molecule has 0 saturated carbocycles. The normalized spacial score (nSPS) is 11.8. The van der Waals surface area contributed by atoms with E-state index in [4.69, 9.17) is 0 Å². The lowest BCUT2D eigenvalue weighted by Crippen LogP contribution is -2.29. The third-order valence-electron chi connectivity index (χ3n) is 24.5. The Morgan fingerprint density at radius 1 is 0.171 bits per heavy atom. The molecule has 0 aliphatic carbocycles. The van der Waals surface area contributed by atoms with E-state index < -0.39 is 0 Å². The Morgan fingerprint density at radius 2 is 0.279 bits per heavy atom.